The number of fused-ring (bicyclic) bond motifs is 5. The van der Waals surface area contributed by atoms with Crippen LogP contribution < -0.4 is 15.5 Å². The molecule has 1 N–H and O–H groups in total. The summed E-state index contributed by atoms with van der Waals surface area (Å²) in [4.78, 5) is 49.2. The van der Waals surface area contributed by atoms with E-state index in [0.29, 0.717) is 31.4 Å². The summed E-state index contributed by atoms with van der Waals surface area (Å²) in [7, 11) is 0. The summed E-state index contributed by atoms with van der Waals surface area (Å²) in [6.45, 7) is 1.48. The second kappa shape index (κ2) is 11.7. The van der Waals surface area contributed by atoms with Gasteiger partial charge in [0.05, 0.1) is 6.04 Å². The molecule has 3 aliphatic heterocycles. The van der Waals surface area contributed by atoms with E-state index < -0.39 is 64.0 Å². The maximum atomic E-state index is 14.3. The van der Waals surface area contributed by atoms with E-state index in [4.69, 9.17) is 9.57 Å². The number of nitrogens with zero attached hydrogens (tertiary/aromatic N) is 3. The van der Waals surface area contributed by atoms with Gasteiger partial charge < -0.3 is 24.4 Å². The summed E-state index contributed by atoms with van der Waals surface area (Å²) >= 11 is 1.46. The standard InChI is InChI=1S/C31H29F3N4O5S/c1-17-8-9-31(12-25(44-2)36-43-31)24-15-37(17)30(41)26-28(42-16-18-6-4-3-5-7-18)27(39)21(14-38(24)26)29(40)35-13-20-22(33)10-19(32)11-23(20)34/h3-7,10-11,14,17,24H,8-9,12-13,15-16H2,1-2H3,(H,35,40)/t17-,24+,31-/m0/s1. The Kier molecular flexibility index (Phi) is 7.91. The molecule has 4 heterocycles. The number of aromatic nitrogens is 1. The Morgan fingerprint density at radius 1 is 1.18 bits per heavy atom. The summed E-state index contributed by atoms with van der Waals surface area (Å²) in [5, 5.41) is 7.44. The number of benzene rings is 2. The van der Waals surface area contributed by atoms with E-state index in [1.54, 1.807) is 33.7 Å². The van der Waals surface area contributed by atoms with Crippen LogP contribution >= 0.6 is 11.8 Å². The number of hydrogen-bond donors (Lipinski definition) is 1. The summed E-state index contributed by atoms with van der Waals surface area (Å²) in [5.41, 5.74) is -1.95. The minimum absolute atomic E-state index is 0.0105. The van der Waals surface area contributed by atoms with Crippen molar-refractivity contribution < 1.29 is 32.3 Å². The zero-order chi connectivity index (χ0) is 31.2. The van der Waals surface area contributed by atoms with Gasteiger partial charge in [0, 0.05) is 49.4 Å². The van der Waals surface area contributed by atoms with Gasteiger partial charge in [-0.25, -0.2) is 13.2 Å². The average molecular weight is 627 g/mol. The Bertz CT molecular complexity index is 1710. The minimum atomic E-state index is -1.18. The van der Waals surface area contributed by atoms with Crippen LogP contribution in [-0.2, 0) is 18.0 Å². The van der Waals surface area contributed by atoms with Crippen molar-refractivity contribution in [2.75, 3.05) is 12.8 Å². The first-order valence-electron chi connectivity index (χ1n) is 14.1. The van der Waals surface area contributed by atoms with Gasteiger partial charge in [0.1, 0.15) is 34.7 Å². The van der Waals surface area contributed by atoms with E-state index in [1.807, 2.05) is 19.2 Å². The van der Waals surface area contributed by atoms with Gasteiger partial charge in [-0.1, -0.05) is 35.5 Å². The van der Waals surface area contributed by atoms with Crippen molar-refractivity contribution in [2.24, 2.45) is 5.16 Å². The van der Waals surface area contributed by atoms with Gasteiger partial charge >= 0.3 is 0 Å². The number of carbonyl (C=O) groups is 2. The third kappa shape index (κ3) is 5.23. The second-order valence-corrected chi connectivity index (χ2v) is 12.0. The second-order valence-electron chi connectivity index (χ2n) is 11.1. The molecule has 3 aliphatic rings. The Balaban J connectivity index is 1.45. The van der Waals surface area contributed by atoms with Gasteiger partial charge in [-0.3, -0.25) is 14.4 Å². The first-order chi connectivity index (χ1) is 21.1. The van der Waals surface area contributed by atoms with Crippen molar-refractivity contribution in [1.82, 2.24) is 14.8 Å². The van der Waals surface area contributed by atoms with Crippen LogP contribution in [0.2, 0.25) is 0 Å². The number of ether oxygens (including phenoxy) is 1. The van der Waals surface area contributed by atoms with Crippen LogP contribution in [0.3, 0.4) is 0 Å². The Labute approximate surface area is 255 Å². The Morgan fingerprint density at radius 2 is 1.91 bits per heavy atom. The molecule has 6 rings (SSSR count). The third-order valence-electron chi connectivity index (χ3n) is 8.50. The highest BCUT2D eigenvalue weighted by Crippen LogP contribution is 2.47. The number of oxime groups is 1. The molecule has 1 saturated heterocycles. The lowest BCUT2D eigenvalue weighted by atomic mass is 9.85. The summed E-state index contributed by atoms with van der Waals surface area (Å²) in [6, 6.07) is 9.32. The number of halogens is 3. The van der Waals surface area contributed by atoms with E-state index in [9.17, 15) is 27.6 Å². The largest absolute Gasteiger partial charge is 0.483 e. The fourth-order valence-corrected chi connectivity index (χ4v) is 6.55. The molecule has 13 heteroatoms. The normalized spacial score (nSPS) is 22.2. The highest BCUT2D eigenvalue weighted by Gasteiger charge is 2.54. The Hall–Kier alpha value is -4.26. The van der Waals surface area contributed by atoms with Crippen molar-refractivity contribution in [3.8, 4) is 5.75 Å². The zero-order valence-corrected chi connectivity index (χ0v) is 24.8. The monoisotopic (exact) mass is 626 g/mol. The molecule has 0 unspecified atom stereocenters. The fraction of sp³-hybridized carbons (Fsp3) is 0.355. The van der Waals surface area contributed by atoms with Crippen molar-refractivity contribution in [2.45, 2.75) is 57.0 Å². The number of rotatable bonds is 6. The van der Waals surface area contributed by atoms with Crippen molar-refractivity contribution in [3.63, 3.8) is 0 Å². The molecule has 1 aromatic heterocycles. The van der Waals surface area contributed by atoms with Crippen LogP contribution in [0.4, 0.5) is 13.2 Å². The fourth-order valence-electron chi connectivity index (χ4n) is 6.05. The number of pyridine rings is 1. The molecule has 1 fully saturated rings. The first-order valence-corrected chi connectivity index (χ1v) is 15.3. The van der Waals surface area contributed by atoms with E-state index in [2.05, 4.69) is 10.5 Å². The van der Waals surface area contributed by atoms with Crippen LogP contribution in [0.25, 0.3) is 0 Å². The highest BCUT2D eigenvalue weighted by molar-refractivity contribution is 8.13. The van der Waals surface area contributed by atoms with Gasteiger partial charge in [-0.15, -0.1) is 11.8 Å². The lowest BCUT2D eigenvalue weighted by Gasteiger charge is -2.42. The zero-order valence-electron chi connectivity index (χ0n) is 23.9. The molecular formula is C31H29F3N4O5S. The molecule has 2 bridgehead atoms. The van der Waals surface area contributed by atoms with E-state index in [0.717, 1.165) is 10.6 Å². The highest BCUT2D eigenvalue weighted by atomic mass is 32.2. The van der Waals surface area contributed by atoms with E-state index in [-0.39, 0.29) is 30.6 Å². The first kappa shape index (κ1) is 29.8. The summed E-state index contributed by atoms with van der Waals surface area (Å²) in [6.07, 6.45) is 4.85. The number of carbonyl (C=O) groups excluding carboxylic acids is 2. The maximum Gasteiger partial charge on any atom is 0.274 e. The van der Waals surface area contributed by atoms with E-state index in [1.165, 1.54) is 18.0 Å². The van der Waals surface area contributed by atoms with Crippen LogP contribution in [0.15, 0.2) is 58.6 Å². The maximum absolute atomic E-state index is 14.3. The molecular weight excluding hydrogens is 597 g/mol. The van der Waals surface area contributed by atoms with Crippen LogP contribution in [0, 0.1) is 17.5 Å². The number of amides is 2. The number of hydrogen-bond acceptors (Lipinski definition) is 7. The van der Waals surface area contributed by atoms with Crippen molar-refractivity contribution in [1.29, 1.82) is 0 Å². The van der Waals surface area contributed by atoms with Gasteiger partial charge in [0.25, 0.3) is 11.8 Å². The quantitative estimate of drug-likeness (QED) is 0.423. The predicted octanol–water partition coefficient (Wildman–Crippen LogP) is 4.79. The SMILES string of the molecule is CSC1=NO[C@@]2(CC[C@H](C)N3C[C@H]2n2cc(C(=O)NCc4c(F)cc(F)cc4F)c(=O)c(OCc4ccccc4)c2C3=O)C1. The van der Waals surface area contributed by atoms with Crippen molar-refractivity contribution >= 4 is 28.6 Å². The molecule has 0 saturated carbocycles. The van der Waals surface area contributed by atoms with Gasteiger partial charge in [-0.2, -0.15) is 0 Å². The van der Waals surface area contributed by atoms with Crippen LogP contribution in [0.5, 0.6) is 5.75 Å². The van der Waals surface area contributed by atoms with Crippen molar-refractivity contribution in [3.05, 3.63) is 98.7 Å². The number of thioether (sulfide) groups is 1. The lowest BCUT2D eigenvalue weighted by Crippen LogP contribution is -2.52. The molecule has 0 radical (unpaired) electrons. The third-order valence-corrected chi connectivity index (χ3v) is 9.19. The molecule has 3 atom stereocenters. The van der Waals surface area contributed by atoms with Crippen LogP contribution in [-0.4, -0.2) is 50.8 Å². The summed E-state index contributed by atoms with van der Waals surface area (Å²) in [5.74, 6) is -5.14. The minimum Gasteiger partial charge on any atom is -0.483 e. The molecule has 0 aliphatic carbocycles. The van der Waals surface area contributed by atoms with Gasteiger partial charge in [-0.05, 0) is 31.6 Å². The Morgan fingerprint density at radius 3 is 2.59 bits per heavy atom. The topological polar surface area (TPSA) is 102 Å². The molecule has 9 nitrogen and oxygen atoms in total. The number of nitrogens with one attached hydrogen (secondary N) is 1. The molecule has 2 aromatic carbocycles. The van der Waals surface area contributed by atoms with Gasteiger partial charge in [0.2, 0.25) is 5.43 Å². The molecule has 230 valence electrons. The molecule has 44 heavy (non-hydrogen) atoms. The van der Waals surface area contributed by atoms with Gasteiger partial charge in [0.15, 0.2) is 17.0 Å². The molecule has 1 spiro atoms. The molecule has 3 aromatic rings. The van der Waals surface area contributed by atoms with E-state index >= 15 is 0 Å². The summed E-state index contributed by atoms with van der Waals surface area (Å²) < 4.78 is 49.6. The average Bonchev–Trinajstić information content (AvgIpc) is 3.38. The lowest BCUT2D eigenvalue weighted by molar-refractivity contribution is -0.0656. The predicted molar refractivity (Wildman–Crippen MR) is 157 cm³/mol. The smallest absolute Gasteiger partial charge is 0.274 e. The molecule has 2 amide bonds. The van der Waals surface area contributed by atoms with Crippen LogP contribution in [0.1, 0.15) is 64.2 Å².